The molecule has 13 heavy (non-hydrogen) atoms. The Morgan fingerprint density at radius 3 is 2.62 bits per heavy atom. The van der Waals surface area contributed by atoms with Crippen molar-refractivity contribution in [2.45, 2.75) is 52.2 Å². The van der Waals surface area contributed by atoms with Crippen LogP contribution in [0, 0.1) is 5.92 Å². The first-order chi connectivity index (χ1) is 6.15. The molecule has 2 nitrogen and oxygen atoms in total. The number of hydrogen-bond acceptors (Lipinski definition) is 2. The van der Waals surface area contributed by atoms with Crippen molar-refractivity contribution >= 4 is 0 Å². The molecular weight excluding hydrogens is 162 g/mol. The molecule has 2 heteroatoms. The van der Waals surface area contributed by atoms with E-state index >= 15 is 0 Å². The van der Waals surface area contributed by atoms with Crippen molar-refractivity contribution in [1.29, 1.82) is 0 Å². The van der Waals surface area contributed by atoms with E-state index in [1.165, 1.54) is 13.0 Å². The van der Waals surface area contributed by atoms with Gasteiger partial charge in [-0.05, 0) is 31.7 Å². The Balaban J connectivity index is 2.47. The van der Waals surface area contributed by atoms with Gasteiger partial charge in [-0.3, -0.25) is 4.90 Å². The second-order valence-corrected chi connectivity index (χ2v) is 4.51. The number of aliphatic hydroxyl groups is 1. The van der Waals surface area contributed by atoms with Crippen LogP contribution in [0.5, 0.6) is 0 Å². The minimum atomic E-state index is -0.0819. The summed E-state index contributed by atoms with van der Waals surface area (Å²) in [5.41, 5.74) is 0. The third-order valence-electron chi connectivity index (χ3n) is 3.08. The lowest BCUT2D eigenvalue weighted by Gasteiger charge is -2.38. The average Bonchev–Trinajstić information content (AvgIpc) is 2.04. The Labute approximate surface area is 81.9 Å². The van der Waals surface area contributed by atoms with Crippen molar-refractivity contribution in [3.63, 3.8) is 0 Å². The Morgan fingerprint density at radius 2 is 2.15 bits per heavy atom. The maximum Gasteiger partial charge on any atom is 0.0667 e. The molecule has 0 bridgehead atoms. The van der Waals surface area contributed by atoms with E-state index in [0.29, 0.717) is 12.0 Å². The largest absolute Gasteiger partial charge is 0.392 e. The number of nitrogens with zero attached hydrogens (tertiary/aromatic N) is 1. The molecule has 0 aliphatic carbocycles. The summed E-state index contributed by atoms with van der Waals surface area (Å²) in [6.07, 6.45) is 3.27. The summed E-state index contributed by atoms with van der Waals surface area (Å²) in [4.78, 5) is 2.46. The average molecular weight is 185 g/mol. The van der Waals surface area contributed by atoms with E-state index < -0.39 is 0 Å². The van der Waals surface area contributed by atoms with Crippen LogP contribution in [0.2, 0.25) is 0 Å². The summed E-state index contributed by atoms with van der Waals surface area (Å²) >= 11 is 0. The summed E-state index contributed by atoms with van der Waals surface area (Å²) in [7, 11) is 0. The highest BCUT2D eigenvalue weighted by atomic mass is 16.3. The van der Waals surface area contributed by atoms with E-state index in [2.05, 4.69) is 25.7 Å². The first kappa shape index (κ1) is 11.0. The van der Waals surface area contributed by atoms with Crippen molar-refractivity contribution < 1.29 is 5.11 Å². The minimum absolute atomic E-state index is 0.0819. The standard InChI is InChI=1S/C11H23NO/c1-4-11(9(2)3)12-7-5-6-10(13)8-12/h9-11,13H,4-8H2,1-3H3. The zero-order valence-corrected chi connectivity index (χ0v) is 9.16. The number of β-amino-alcohol motifs (C(OH)–C–C–N with tert-alkyl or cyclic N) is 1. The molecule has 1 rings (SSSR count). The predicted octanol–water partition coefficient (Wildman–Crippen LogP) is 1.88. The Bertz CT molecular complexity index is 147. The van der Waals surface area contributed by atoms with Gasteiger partial charge in [0.15, 0.2) is 0 Å². The number of likely N-dealkylation sites (tertiary alicyclic amines) is 1. The molecule has 2 unspecified atom stereocenters. The van der Waals surface area contributed by atoms with Gasteiger partial charge in [-0.15, -0.1) is 0 Å². The highest BCUT2D eigenvalue weighted by Crippen LogP contribution is 2.19. The lowest BCUT2D eigenvalue weighted by molar-refractivity contribution is 0.0326. The molecular formula is C11H23NO. The number of piperidine rings is 1. The van der Waals surface area contributed by atoms with Crippen molar-refractivity contribution in [2.24, 2.45) is 5.92 Å². The van der Waals surface area contributed by atoms with Gasteiger partial charge in [0.1, 0.15) is 0 Å². The highest BCUT2D eigenvalue weighted by molar-refractivity contribution is 4.79. The third kappa shape index (κ3) is 2.96. The molecule has 1 N–H and O–H groups in total. The van der Waals surface area contributed by atoms with Gasteiger partial charge in [0.2, 0.25) is 0 Å². The Kier molecular flexibility index (Phi) is 4.20. The summed E-state index contributed by atoms with van der Waals surface area (Å²) in [6, 6.07) is 0.662. The second kappa shape index (κ2) is 4.97. The van der Waals surface area contributed by atoms with Crippen molar-refractivity contribution in [2.75, 3.05) is 13.1 Å². The highest BCUT2D eigenvalue weighted by Gasteiger charge is 2.25. The zero-order chi connectivity index (χ0) is 9.84. The van der Waals surface area contributed by atoms with Crippen LogP contribution in [0.3, 0.4) is 0 Å². The topological polar surface area (TPSA) is 23.5 Å². The van der Waals surface area contributed by atoms with E-state index in [4.69, 9.17) is 0 Å². The lowest BCUT2D eigenvalue weighted by atomic mass is 9.96. The molecule has 78 valence electrons. The van der Waals surface area contributed by atoms with Gasteiger partial charge in [-0.1, -0.05) is 20.8 Å². The molecule has 0 spiro atoms. The monoisotopic (exact) mass is 185 g/mol. The summed E-state index contributed by atoms with van der Waals surface area (Å²) in [6.45, 7) is 8.85. The quantitative estimate of drug-likeness (QED) is 0.725. The smallest absolute Gasteiger partial charge is 0.0667 e. The number of hydrogen-bond donors (Lipinski definition) is 1. The van der Waals surface area contributed by atoms with Crippen LogP contribution in [0.15, 0.2) is 0 Å². The fraction of sp³-hybridized carbons (Fsp3) is 1.00. The minimum Gasteiger partial charge on any atom is -0.392 e. The number of rotatable bonds is 3. The van der Waals surface area contributed by atoms with Gasteiger partial charge in [0.25, 0.3) is 0 Å². The summed E-state index contributed by atoms with van der Waals surface area (Å²) < 4.78 is 0. The molecule has 1 fully saturated rings. The van der Waals surface area contributed by atoms with E-state index in [1.807, 2.05) is 0 Å². The van der Waals surface area contributed by atoms with E-state index in [0.717, 1.165) is 19.4 Å². The first-order valence-electron chi connectivity index (χ1n) is 5.57. The van der Waals surface area contributed by atoms with Crippen LogP contribution in [0.4, 0.5) is 0 Å². The lowest BCUT2D eigenvalue weighted by Crippen LogP contribution is -2.46. The molecule has 0 aromatic carbocycles. The summed E-state index contributed by atoms with van der Waals surface area (Å²) in [5, 5.41) is 9.56. The number of aliphatic hydroxyl groups excluding tert-OH is 1. The van der Waals surface area contributed by atoms with Crippen LogP contribution in [0.25, 0.3) is 0 Å². The van der Waals surface area contributed by atoms with Crippen molar-refractivity contribution in [1.82, 2.24) is 4.90 Å². The molecule has 0 aromatic rings. The summed E-state index contributed by atoms with van der Waals surface area (Å²) in [5.74, 6) is 0.704. The second-order valence-electron chi connectivity index (χ2n) is 4.51. The van der Waals surface area contributed by atoms with Gasteiger partial charge in [-0.25, -0.2) is 0 Å². The molecule has 1 heterocycles. The van der Waals surface area contributed by atoms with Crippen LogP contribution >= 0.6 is 0 Å². The molecule has 1 aliphatic heterocycles. The molecule has 1 saturated heterocycles. The van der Waals surface area contributed by atoms with Crippen LogP contribution in [-0.2, 0) is 0 Å². The SMILES string of the molecule is CCC(C(C)C)N1CCCC(O)C1. The zero-order valence-electron chi connectivity index (χ0n) is 9.16. The molecule has 1 aliphatic rings. The van der Waals surface area contributed by atoms with Gasteiger partial charge in [-0.2, -0.15) is 0 Å². The van der Waals surface area contributed by atoms with E-state index in [1.54, 1.807) is 0 Å². The van der Waals surface area contributed by atoms with Crippen molar-refractivity contribution in [3.8, 4) is 0 Å². The van der Waals surface area contributed by atoms with Crippen LogP contribution < -0.4 is 0 Å². The Morgan fingerprint density at radius 1 is 1.46 bits per heavy atom. The van der Waals surface area contributed by atoms with Crippen molar-refractivity contribution in [3.05, 3.63) is 0 Å². The molecule has 0 saturated carbocycles. The maximum atomic E-state index is 9.56. The van der Waals surface area contributed by atoms with Crippen LogP contribution in [-0.4, -0.2) is 35.2 Å². The normalized spacial score (nSPS) is 27.9. The van der Waals surface area contributed by atoms with Gasteiger partial charge in [0, 0.05) is 12.6 Å². The Hall–Kier alpha value is -0.0800. The molecule has 0 amide bonds. The fourth-order valence-corrected chi connectivity index (χ4v) is 2.44. The van der Waals surface area contributed by atoms with Gasteiger partial charge < -0.3 is 5.11 Å². The predicted molar refractivity (Wildman–Crippen MR) is 55.7 cm³/mol. The van der Waals surface area contributed by atoms with Crippen LogP contribution in [0.1, 0.15) is 40.0 Å². The molecule has 0 aromatic heterocycles. The molecule has 2 atom stereocenters. The van der Waals surface area contributed by atoms with E-state index in [9.17, 15) is 5.11 Å². The first-order valence-corrected chi connectivity index (χ1v) is 5.57. The van der Waals surface area contributed by atoms with Gasteiger partial charge in [0.05, 0.1) is 6.10 Å². The third-order valence-corrected chi connectivity index (χ3v) is 3.08. The maximum absolute atomic E-state index is 9.56. The molecule has 0 radical (unpaired) electrons. The van der Waals surface area contributed by atoms with E-state index in [-0.39, 0.29) is 6.10 Å². The fourth-order valence-electron chi connectivity index (χ4n) is 2.44. The van der Waals surface area contributed by atoms with Gasteiger partial charge >= 0.3 is 0 Å².